The van der Waals surface area contributed by atoms with Crippen LogP contribution in [0.5, 0.6) is 11.5 Å². The molecule has 0 aliphatic rings. The van der Waals surface area contributed by atoms with Crippen molar-refractivity contribution < 1.29 is 31.9 Å². The van der Waals surface area contributed by atoms with E-state index in [-0.39, 0.29) is 34.5 Å². The number of halogens is 1. The number of carbonyl (C=O) groups is 2. The Morgan fingerprint density at radius 3 is 2.12 bits per heavy atom. The number of methoxy groups -OCH3 is 2. The molecule has 0 fully saturated rings. The van der Waals surface area contributed by atoms with Gasteiger partial charge >= 0.3 is 0 Å². The first-order valence-corrected chi connectivity index (χ1v) is 14.1. The molecule has 3 aromatic rings. The molecule has 0 bridgehead atoms. The van der Waals surface area contributed by atoms with Crippen molar-refractivity contribution >= 4 is 27.5 Å². The first-order valence-electron chi connectivity index (χ1n) is 12.6. The van der Waals surface area contributed by atoms with Crippen LogP contribution >= 0.6 is 0 Å². The number of amides is 2. The van der Waals surface area contributed by atoms with Crippen molar-refractivity contribution in [2.45, 2.75) is 44.3 Å². The van der Waals surface area contributed by atoms with E-state index in [9.17, 15) is 22.4 Å². The minimum atomic E-state index is -4.31. The Bertz CT molecular complexity index is 1430. The van der Waals surface area contributed by atoms with Gasteiger partial charge in [-0.2, -0.15) is 0 Å². The molecule has 1 N–H and O–H groups in total. The zero-order valence-corrected chi connectivity index (χ0v) is 23.9. The lowest BCUT2D eigenvalue weighted by Crippen LogP contribution is -2.52. The monoisotopic (exact) mass is 571 g/mol. The lowest BCUT2D eigenvalue weighted by Gasteiger charge is -2.32. The Morgan fingerprint density at radius 2 is 1.52 bits per heavy atom. The van der Waals surface area contributed by atoms with Gasteiger partial charge in [0.05, 0.1) is 24.8 Å². The van der Waals surface area contributed by atoms with Crippen LogP contribution in [-0.2, 0) is 26.2 Å². The van der Waals surface area contributed by atoms with Crippen LogP contribution in [0.15, 0.2) is 77.7 Å². The number of carbonyl (C=O) groups excluding carboxylic acids is 2. The van der Waals surface area contributed by atoms with Crippen LogP contribution in [0.2, 0.25) is 0 Å². The fourth-order valence-electron chi connectivity index (χ4n) is 4.03. The highest BCUT2D eigenvalue weighted by atomic mass is 32.2. The maximum absolute atomic E-state index is 14.6. The van der Waals surface area contributed by atoms with Crippen LogP contribution in [0.4, 0.5) is 10.1 Å². The van der Waals surface area contributed by atoms with Gasteiger partial charge < -0.3 is 19.7 Å². The van der Waals surface area contributed by atoms with Gasteiger partial charge in [-0.05, 0) is 51.1 Å². The standard InChI is InChI=1S/C29H34FN3O6S/c1-20(2)31-29(35)21(3)32(18-22-11-9-10-14-25(22)30)28(34)19-33(23-12-7-6-8-13-23)40(36,37)24-15-16-26(38-4)27(17-24)39-5/h6-17,20-21H,18-19H2,1-5H3,(H,31,35)/t21-/m1/s1. The number of nitrogens with zero attached hydrogens (tertiary/aromatic N) is 2. The second-order valence-corrected chi connectivity index (χ2v) is 11.2. The van der Waals surface area contributed by atoms with Crippen LogP contribution in [-0.4, -0.2) is 58.0 Å². The molecule has 40 heavy (non-hydrogen) atoms. The summed E-state index contributed by atoms with van der Waals surface area (Å²) in [5.74, 6) is -1.15. The molecule has 0 aromatic heterocycles. The molecule has 0 unspecified atom stereocenters. The quantitative estimate of drug-likeness (QED) is 0.353. The normalized spacial score (nSPS) is 12.0. The summed E-state index contributed by atoms with van der Waals surface area (Å²) in [6.07, 6.45) is 0. The van der Waals surface area contributed by atoms with Gasteiger partial charge in [0.15, 0.2) is 11.5 Å². The van der Waals surface area contributed by atoms with Crippen LogP contribution in [0.3, 0.4) is 0 Å². The van der Waals surface area contributed by atoms with Gasteiger partial charge in [-0.3, -0.25) is 13.9 Å². The highest BCUT2D eigenvalue weighted by Crippen LogP contribution is 2.32. The third-order valence-electron chi connectivity index (χ3n) is 6.16. The Hall–Kier alpha value is -4.12. The molecule has 0 saturated carbocycles. The maximum atomic E-state index is 14.6. The van der Waals surface area contributed by atoms with Crippen LogP contribution in [0.25, 0.3) is 0 Å². The SMILES string of the molecule is COc1ccc(S(=O)(=O)N(CC(=O)N(Cc2ccccc2F)[C@H](C)C(=O)NC(C)C)c2ccccc2)cc1OC. The molecule has 9 nitrogen and oxygen atoms in total. The minimum Gasteiger partial charge on any atom is -0.493 e. The van der Waals surface area contributed by atoms with E-state index in [1.165, 1.54) is 62.4 Å². The third-order valence-corrected chi connectivity index (χ3v) is 7.93. The van der Waals surface area contributed by atoms with Gasteiger partial charge in [-0.1, -0.05) is 36.4 Å². The molecule has 0 aliphatic carbocycles. The zero-order chi connectivity index (χ0) is 29.4. The van der Waals surface area contributed by atoms with Crippen molar-refractivity contribution in [1.29, 1.82) is 0 Å². The average molecular weight is 572 g/mol. The number of hydrogen-bond donors (Lipinski definition) is 1. The Labute approximate surface area is 234 Å². The first-order chi connectivity index (χ1) is 19.0. The molecule has 0 spiro atoms. The number of para-hydroxylation sites is 1. The molecule has 1 atom stereocenters. The molecule has 214 valence electrons. The molecular formula is C29H34FN3O6S. The summed E-state index contributed by atoms with van der Waals surface area (Å²) in [7, 11) is -1.49. The van der Waals surface area contributed by atoms with E-state index >= 15 is 0 Å². The maximum Gasteiger partial charge on any atom is 0.264 e. The molecule has 0 saturated heterocycles. The van der Waals surface area contributed by atoms with Crippen LogP contribution in [0, 0.1) is 5.82 Å². The second-order valence-electron chi connectivity index (χ2n) is 9.32. The molecule has 0 heterocycles. The molecular weight excluding hydrogens is 537 g/mol. The van der Waals surface area contributed by atoms with Gasteiger partial charge in [0.1, 0.15) is 18.4 Å². The average Bonchev–Trinajstić information content (AvgIpc) is 2.94. The second kappa shape index (κ2) is 13.3. The van der Waals surface area contributed by atoms with E-state index in [2.05, 4.69) is 5.32 Å². The van der Waals surface area contributed by atoms with E-state index in [4.69, 9.17) is 9.47 Å². The third kappa shape index (κ3) is 7.09. The van der Waals surface area contributed by atoms with E-state index in [1.807, 2.05) is 0 Å². The van der Waals surface area contributed by atoms with Crippen molar-refractivity contribution in [2.75, 3.05) is 25.1 Å². The van der Waals surface area contributed by atoms with Crippen molar-refractivity contribution in [2.24, 2.45) is 0 Å². The van der Waals surface area contributed by atoms with E-state index in [0.717, 1.165) is 4.31 Å². The predicted octanol–water partition coefficient (Wildman–Crippen LogP) is 3.98. The number of anilines is 1. The van der Waals surface area contributed by atoms with Crippen molar-refractivity contribution in [1.82, 2.24) is 10.2 Å². The van der Waals surface area contributed by atoms with Crippen LogP contribution < -0.4 is 19.1 Å². The summed E-state index contributed by atoms with van der Waals surface area (Å²) in [5, 5.41) is 2.76. The zero-order valence-electron chi connectivity index (χ0n) is 23.1. The van der Waals surface area contributed by atoms with Crippen molar-refractivity contribution in [3.8, 4) is 11.5 Å². The summed E-state index contributed by atoms with van der Waals surface area (Å²) < 4.78 is 53.9. The Morgan fingerprint density at radius 1 is 0.900 bits per heavy atom. The van der Waals surface area contributed by atoms with Gasteiger partial charge in [0.2, 0.25) is 11.8 Å². The number of ether oxygens (including phenoxy) is 2. The summed E-state index contributed by atoms with van der Waals surface area (Å²) in [5.41, 5.74) is 0.421. The highest BCUT2D eigenvalue weighted by molar-refractivity contribution is 7.92. The number of benzene rings is 3. The molecule has 0 radical (unpaired) electrons. The molecule has 0 aliphatic heterocycles. The van der Waals surface area contributed by atoms with E-state index in [0.29, 0.717) is 5.75 Å². The van der Waals surface area contributed by atoms with Crippen molar-refractivity contribution in [3.63, 3.8) is 0 Å². The first kappa shape index (κ1) is 30.4. The smallest absolute Gasteiger partial charge is 0.264 e. The summed E-state index contributed by atoms with van der Waals surface area (Å²) in [6, 6.07) is 16.9. The molecule has 2 amide bonds. The largest absolute Gasteiger partial charge is 0.493 e. The van der Waals surface area contributed by atoms with Gasteiger partial charge in [0, 0.05) is 24.2 Å². The molecule has 11 heteroatoms. The summed E-state index contributed by atoms with van der Waals surface area (Å²) >= 11 is 0. The van der Waals surface area contributed by atoms with Gasteiger partial charge in [0.25, 0.3) is 10.0 Å². The summed E-state index contributed by atoms with van der Waals surface area (Å²) in [6.45, 7) is 4.19. The lowest BCUT2D eigenvalue weighted by atomic mass is 10.1. The fourth-order valence-corrected chi connectivity index (χ4v) is 5.46. The van der Waals surface area contributed by atoms with Crippen LogP contribution in [0.1, 0.15) is 26.3 Å². The highest BCUT2D eigenvalue weighted by Gasteiger charge is 2.33. The van der Waals surface area contributed by atoms with Crippen molar-refractivity contribution in [3.05, 3.63) is 84.2 Å². The number of rotatable bonds is 12. The lowest BCUT2D eigenvalue weighted by molar-refractivity contribution is -0.139. The fraction of sp³-hybridized carbons (Fsp3) is 0.310. The Balaban J connectivity index is 2.05. The topological polar surface area (TPSA) is 105 Å². The predicted molar refractivity (Wildman–Crippen MR) is 150 cm³/mol. The number of nitrogens with one attached hydrogen (secondary N) is 1. The van der Waals surface area contributed by atoms with Gasteiger partial charge in [-0.15, -0.1) is 0 Å². The number of sulfonamides is 1. The number of hydrogen-bond acceptors (Lipinski definition) is 6. The molecule has 3 rings (SSSR count). The Kier molecular flexibility index (Phi) is 10.1. The van der Waals surface area contributed by atoms with E-state index in [1.54, 1.807) is 50.2 Å². The van der Waals surface area contributed by atoms with Gasteiger partial charge in [-0.25, -0.2) is 12.8 Å². The van der Waals surface area contributed by atoms with E-state index < -0.39 is 40.2 Å². The molecule has 3 aromatic carbocycles. The minimum absolute atomic E-state index is 0.131. The summed E-state index contributed by atoms with van der Waals surface area (Å²) in [4.78, 5) is 27.8.